The molecule has 0 saturated heterocycles. The molecule has 6 rings (SSSR count). The van der Waals surface area contributed by atoms with Crippen LogP contribution in [0.15, 0.2) is 60.7 Å². The summed E-state index contributed by atoms with van der Waals surface area (Å²) in [5, 5.41) is 8.28. The topological polar surface area (TPSA) is 107 Å². The molecule has 0 N–H and O–H groups in total. The average Bonchev–Trinajstić information content (AvgIpc) is 3.45. The predicted molar refractivity (Wildman–Crippen MR) is 155 cm³/mol. The molecule has 0 saturated carbocycles. The summed E-state index contributed by atoms with van der Waals surface area (Å²) < 4.78 is 13.9. The number of fused-ring (bicyclic) bond motifs is 3. The van der Waals surface area contributed by atoms with E-state index in [1.165, 1.54) is 4.90 Å². The van der Waals surface area contributed by atoms with Crippen molar-refractivity contribution in [3.05, 3.63) is 88.5 Å². The molecule has 0 aliphatic carbocycles. The molecule has 0 radical (unpaired) electrons. The Hall–Kier alpha value is -4.73. The van der Waals surface area contributed by atoms with Crippen molar-refractivity contribution in [2.24, 2.45) is 7.05 Å². The molecule has 1 aromatic heterocycles. The number of amides is 3. The first kappa shape index (κ1) is 27.4. The number of imide groups is 1. The number of rotatable bonds is 6. The Morgan fingerprint density at radius 3 is 2.45 bits per heavy atom. The molecular formula is C32H33N5O5. The summed E-state index contributed by atoms with van der Waals surface area (Å²) in [7, 11) is 1.85. The van der Waals surface area contributed by atoms with Gasteiger partial charge in [0.15, 0.2) is 0 Å². The Balaban J connectivity index is 1.30. The molecule has 2 aliphatic heterocycles. The van der Waals surface area contributed by atoms with E-state index in [4.69, 9.17) is 9.47 Å². The zero-order valence-electron chi connectivity index (χ0n) is 24.2. The van der Waals surface area contributed by atoms with E-state index < -0.39 is 17.7 Å². The van der Waals surface area contributed by atoms with Crippen molar-refractivity contribution in [3.63, 3.8) is 0 Å². The van der Waals surface area contributed by atoms with Crippen LogP contribution >= 0.6 is 0 Å². The number of aryl methyl sites for hydroxylation is 1. The molecule has 0 fully saturated rings. The molecule has 42 heavy (non-hydrogen) atoms. The maximum Gasteiger partial charge on any atom is 0.410 e. The SMILES string of the molecule is Cn1nnc2cc(COc3cccc4c3[C@@H](CCN3C(=O)c5ccccc5C3=O)N(C(=O)OC(C)(C)C)CC4)ccc21. The van der Waals surface area contributed by atoms with Gasteiger partial charge in [-0.05, 0) is 75.1 Å². The first-order chi connectivity index (χ1) is 20.1. The van der Waals surface area contributed by atoms with Gasteiger partial charge in [0.2, 0.25) is 0 Å². The first-order valence-corrected chi connectivity index (χ1v) is 14.1. The summed E-state index contributed by atoms with van der Waals surface area (Å²) in [5.74, 6) is 0.00569. The summed E-state index contributed by atoms with van der Waals surface area (Å²) in [6, 6.07) is 18.1. The number of hydrogen-bond acceptors (Lipinski definition) is 7. The molecule has 4 aromatic rings. The number of carbonyl (C=O) groups is 3. The van der Waals surface area contributed by atoms with E-state index in [1.54, 1.807) is 33.8 Å². The third-order valence-corrected chi connectivity index (χ3v) is 7.69. The fourth-order valence-corrected chi connectivity index (χ4v) is 5.73. The minimum Gasteiger partial charge on any atom is -0.489 e. The fraction of sp³-hybridized carbons (Fsp3) is 0.344. The zero-order chi connectivity index (χ0) is 29.6. The van der Waals surface area contributed by atoms with Gasteiger partial charge in [-0.1, -0.05) is 35.5 Å². The summed E-state index contributed by atoms with van der Waals surface area (Å²) in [4.78, 5) is 42.7. The van der Waals surface area contributed by atoms with Gasteiger partial charge in [0.25, 0.3) is 11.8 Å². The maximum absolute atomic E-state index is 13.5. The van der Waals surface area contributed by atoms with E-state index in [9.17, 15) is 14.4 Å². The monoisotopic (exact) mass is 567 g/mol. The van der Waals surface area contributed by atoms with Crippen molar-refractivity contribution in [3.8, 4) is 5.75 Å². The number of aromatic nitrogens is 3. The average molecular weight is 568 g/mol. The van der Waals surface area contributed by atoms with Crippen molar-refractivity contribution in [1.82, 2.24) is 24.8 Å². The van der Waals surface area contributed by atoms with E-state index in [0.717, 1.165) is 27.7 Å². The Morgan fingerprint density at radius 2 is 1.74 bits per heavy atom. The second kappa shape index (κ2) is 10.6. The molecule has 0 bridgehead atoms. The highest BCUT2D eigenvalue weighted by Crippen LogP contribution is 2.40. The van der Waals surface area contributed by atoms with Crippen LogP contribution in [0.1, 0.15) is 70.6 Å². The van der Waals surface area contributed by atoms with Gasteiger partial charge in [-0.25, -0.2) is 9.48 Å². The lowest BCUT2D eigenvalue weighted by atomic mass is 9.89. The summed E-state index contributed by atoms with van der Waals surface area (Å²) in [6.45, 7) is 6.38. The Bertz CT molecular complexity index is 1670. The molecule has 3 heterocycles. The highest BCUT2D eigenvalue weighted by molar-refractivity contribution is 6.21. The van der Waals surface area contributed by atoms with Crippen LogP contribution in [0.5, 0.6) is 5.75 Å². The van der Waals surface area contributed by atoms with Crippen molar-refractivity contribution in [2.45, 2.75) is 51.9 Å². The van der Waals surface area contributed by atoms with E-state index >= 15 is 0 Å². The van der Waals surface area contributed by atoms with Gasteiger partial charge >= 0.3 is 6.09 Å². The number of ether oxygens (including phenoxy) is 2. The van der Waals surface area contributed by atoms with Gasteiger partial charge in [-0.15, -0.1) is 5.10 Å². The lowest BCUT2D eigenvalue weighted by Crippen LogP contribution is -2.44. The number of hydrogen-bond donors (Lipinski definition) is 0. The highest BCUT2D eigenvalue weighted by atomic mass is 16.6. The zero-order valence-corrected chi connectivity index (χ0v) is 24.2. The van der Waals surface area contributed by atoms with Gasteiger partial charge in [0.05, 0.1) is 22.7 Å². The van der Waals surface area contributed by atoms with E-state index in [0.29, 0.717) is 42.9 Å². The van der Waals surface area contributed by atoms with E-state index in [2.05, 4.69) is 10.3 Å². The molecular weight excluding hydrogens is 534 g/mol. The smallest absolute Gasteiger partial charge is 0.410 e. The lowest BCUT2D eigenvalue weighted by Gasteiger charge is -2.39. The maximum atomic E-state index is 13.5. The molecule has 10 nitrogen and oxygen atoms in total. The van der Waals surface area contributed by atoms with Crippen LogP contribution in [0.3, 0.4) is 0 Å². The number of benzene rings is 3. The Labute approximate surface area is 243 Å². The van der Waals surface area contributed by atoms with Crippen LogP contribution in [0.25, 0.3) is 11.0 Å². The molecule has 3 amide bonds. The van der Waals surface area contributed by atoms with Crippen molar-refractivity contribution in [1.29, 1.82) is 0 Å². The van der Waals surface area contributed by atoms with Crippen LogP contribution in [0.4, 0.5) is 4.79 Å². The quantitative estimate of drug-likeness (QED) is 0.300. The molecule has 0 spiro atoms. The molecule has 216 valence electrons. The normalized spacial score (nSPS) is 16.5. The Morgan fingerprint density at radius 1 is 1.00 bits per heavy atom. The fourth-order valence-electron chi connectivity index (χ4n) is 5.73. The van der Waals surface area contributed by atoms with Gasteiger partial charge in [-0.2, -0.15) is 0 Å². The van der Waals surface area contributed by atoms with Crippen LogP contribution in [-0.2, 0) is 24.8 Å². The van der Waals surface area contributed by atoms with Crippen LogP contribution < -0.4 is 4.74 Å². The summed E-state index contributed by atoms with van der Waals surface area (Å²) in [5.41, 5.74) is 4.69. The van der Waals surface area contributed by atoms with Crippen LogP contribution in [-0.4, -0.2) is 61.4 Å². The molecule has 2 aliphatic rings. The number of nitrogens with zero attached hydrogens (tertiary/aromatic N) is 5. The Kier molecular flexibility index (Phi) is 6.92. The van der Waals surface area contributed by atoms with Gasteiger partial charge in [0.1, 0.15) is 23.5 Å². The standard InChI is InChI=1S/C32H33N5O5/c1-32(2,3)42-31(40)36-16-14-21-8-7-11-27(41-19-20-12-13-25-24(18-20)33-34-35(25)4)28(21)26(36)15-17-37-29(38)22-9-5-6-10-23(22)30(37)39/h5-13,18,26H,14-17,19H2,1-4H3/t26-/m1/s1. The second-order valence-corrected chi connectivity index (χ2v) is 11.7. The van der Waals surface area contributed by atoms with Gasteiger partial charge < -0.3 is 14.4 Å². The minimum atomic E-state index is -0.681. The lowest BCUT2D eigenvalue weighted by molar-refractivity contribution is 0.0122. The molecule has 3 aromatic carbocycles. The third-order valence-electron chi connectivity index (χ3n) is 7.69. The molecule has 0 unspecified atom stereocenters. The van der Waals surface area contributed by atoms with Gasteiger partial charge in [0, 0.05) is 25.7 Å². The molecule has 10 heteroatoms. The largest absolute Gasteiger partial charge is 0.489 e. The first-order valence-electron chi connectivity index (χ1n) is 14.1. The second-order valence-electron chi connectivity index (χ2n) is 11.7. The van der Waals surface area contributed by atoms with Crippen molar-refractivity contribution < 1.29 is 23.9 Å². The van der Waals surface area contributed by atoms with Crippen molar-refractivity contribution >= 4 is 28.9 Å². The van der Waals surface area contributed by atoms with Crippen molar-refractivity contribution in [2.75, 3.05) is 13.1 Å². The highest BCUT2D eigenvalue weighted by Gasteiger charge is 2.39. The summed E-state index contributed by atoms with van der Waals surface area (Å²) >= 11 is 0. The minimum absolute atomic E-state index is 0.146. The predicted octanol–water partition coefficient (Wildman–Crippen LogP) is 5.07. The van der Waals surface area contributed by atoms with Crippen LogP contribution in [0.2, 0.25) is 0 Å². The number of carbonyl (C=O) groups excluding carboxylic acids is 3. The van der Waals surface area contributed by atoms with Crippen LogP contribution in [0, 0.1) is 0 Å². The molecule has 1 atom stereocenters. The van der Waals surface area contributed by atoms with E-state index in [1.807, 2.05) is 64.2 Å². The van der Waals surface area contributed by atoms with Gasteiger partial charge in [-0.3, -0.25) is 14.5 Å². The third kappa shape index (κ3) is 5.08. The summed E-state index contributed by atoms with van der Waals surface area (Å²) in [6.07, 6.45) is 0.522. The van der Waals surface area contributed by atoms with E-state index in [-0.39, 0.29) is 18.4 Å².